The maximum Gasteiger partial charge on any atom is 0.314 e. The second-order valence-electron chi connectivity index (χ2n) is 6.66. The monoisotopic (exact) mass is 370 g/mol. The van der Waals surface area contributed by atoms with E-state index in [1.54, 1.807) is 24.5 Å². The molecular formula is C22H30N2O3. The molecule has 0 saturated heterocycles. The van der Waals surface area contributed by atoms with Crippen LogP contribution in [0, 0.1) is 5.92 Å². The molecule has 0 bridgehead atoms. The summed E-state index contributed by atoms with van der Waals surface area (Å²) in [5, 5.41) is 0. The first-order valence-corrected chi connectivity index (χ1v) is 9.94. The van der Waals surface area contributed by atoms with E-state index in [2.05, 4.69) is 30.7 Å². The van der Waals surface area contributed by atoms with Gasteiger partial charge in [-0.1, -0.05) is 40.0 Å². The predicted octanol–water partition coefficient (Wildman–Crippen LogP) is 5.44. The lowest BCUT2D eigenvalue weighted by Crippen LogP contribution is -2.20. The van der Waals surface area contributed by atoms with E-state index in [0.717, 1.165) is 44.1 Å². The summed E-state index contributed by atoms with van der Waals surface area (Å²) in [6.07, 6.45) is 9.17. The van der Waals surface area contributed by atoms with Crippen LogP contribution in [-0.4, -0.2) is 22.5 Å². The van der Waals surface area contributed by atoms with Gasteiger partial charge in [0.2, 0.25) is 0 Å². The Kier molecular flexibility index (Phi) is 8.75. The number of nitrogens with zero attached hydrogens (tertiary/aromatic N) is 2. The fourth-order valence-corrected chi connectivity index (χ4v) is 2.82. The highest BCUT2D eigenvalue weighted by Crippen LogP contribution is 2.22. The van der Waals surface area contributed by atoms with E-state index in [1.807, 2.05) is 12.1 Å². The molecule has 0 fully saturated rings. The summed E-state index contributed by atoms with van der Waals surface area (Å²) in [4.78, 5) is 21.0. The molecule has 0 atom stereocenters. The van der Waals surface area contributed by atoms with Gasteiger partial charge in [0.25, 0.3) is 0 Å². The minimum absolute atomic E-state index is 0.0248. The molecule has 27 heavy (non-hydrogen) atoms. The molecule has 0 saturated carbocycles. The summed E-state index contributed by atoms with van der Waals surface area (Å²) < 4.78 is 11.1. The lowest BCUT2D eigenvalue weighted by Gasteiger charge is -2.14. The highest BCUT2D eigenvalue weighted by molar-refractivity contribution is 5.75. The molecule has 0 aliphatic rings. The highest BCUT2D eigenvalue weighted by Gasteiger charge is 2.18. The molecule has 0 aliphatic heterocycles. The van der Waals surface area contributed by atoms with Gasteiger partial charge < -0.3 is 9.47 Å². The zero-order valence-corrected chi connectivity index (χ0v) is 16.6. The first-order valence-electron chi connectivity index (χ1n) is 9.94. The van der Waals surface area contributed by atoms with Crippen molar-refractivity contribution in [3.8, 4) is 22.9 Å². The molecule has 2 aromatic rings. The van der Waals surface area contributed by atoms with Crippen LogP contribution >= 0.6 is 0 Å². The van der Waals surface area contributed by atoms with Gasteiger partial charge in [-0.25, -0.2) is 9.97 Å². The quantitative estimate of drug-likeness (QED) is 0.299. The van der Waals surface area contributed by atoms with Crippen LogP contribution in [0.1, 0.15) is 59.3 Å². The van der Waals surface area contributed by atoms with Gasteiger partial charge in [0.1, 0.15) is 5.75 Å². The first-order chi connectivity index (χ1) is 13.2. The predicted molar refractivity (Wildman–Crippen MR) is 107 cm³/mol. The molecule has 0 aliphatic carbocycles. The summed E-state index contributed by atoms with van der Waals surface area (Å²) in [5.74, 6) is 1.68. The fraction of sp³-hybridized carbons (Fsp3) is 0.500. The molecule has 1 aromatic heterocycles. The van der Waals surface area contributed by atoms with Crippen molar-refractivity contribution >= 4 is 5.97 Å². The van der Waals surface area contributed by atoms with Crippen molar-refractivity contribution in [3.05, 3.63) is 36.7 Å². The standard InChI is InChI=1S/C22H30N2O3/c1-4-7-14-26-20-15-23-21(24-16-20)17-10-12-19(13-11-17)27-22(25)18(8-5-2)9-6-3/h10-13,15-16,18H,4-9,14H2,1-3H3. The zero-order valence-electron chi connectivity index (χ0n) is 16.6. The van der Waals surface area contributed by atoms with Gasteiger partial charge in [0.05, 0.1) is 24.9 Å². The molecule has 5 heteroatoms. The average molecular weight is 370 g/mol. The number of benzene rings is 1. The summed E-state index contributed by atoms with van der Waals surface area (Å²) in [6, 6.07) is 7.31. The molecule has 2 rings (SSSR count). The van der Waals surface area contributed by atoms with Gasteiger partial charge in [0.15, 0.2) is 11.6 Å². The maximum absolute atomic E-state index is 12.3. The SMILES string of the molecule is CCCCOc1cnc(-c2ccc(OC(=O)C(CCC)CCC)cc2)nc1. The highest BCUT2D eigenvalue weighted by atomic mass is 16.5. The number of rotatable bonds is 11. The summed E-state index contributed by atoms with van der Waals surface area (Å²) in [6.45, 7) is 6.98. The zero-order chi connectivity index (χ0) is 19.5. The van der Waals surface area contributed by atoms with E-state index in [9.17, 15) is 4.79 Å². The van der Waals surface area contributed by atoms with E-state index in [1.165, 1.54) is 0 Å². The average Bonchev–Trinajstić information content (AvgIpc) is 2.69. The van der Waals surface area contributed by atoms with Crippen molar-refractivity contribution in [3.63, 3.8) is 0 Å². The number of ether oxygens (including phenoxy) is 2. The molecule has 0 amide bonds. The smallest absolute Gasteiger partial charge is 0.314 e. The third kappa shape index (κ3) is 6.66. The summed E-state index contributed by atoms with van der Waals surface area (Å²) >= 11 is 0. The molecule has 1 heterocycles. The molecule has 0 N–H and O–H groups in total. The third-order valence-corrected chi connectivity index (χ3v) is 4.33. The molecule has 0 radical (unpaired) electrons. The van der Waals surface area contributed by atoms with Crippen molar-refractivity contribution in [1.82, 2.24) is 9.97 Å². The van der Waals surface area contributed by atoms with Gasteiger partial charge >= 0.3 is 5.97 Å². The number of hydrogen-bond acceptors (Lipinski definition) is 5. The van der Waals surface area contributed by atoms with Crippen LogP contribution in [0.4, 0.5) is 0 Å². The van der Waals surface area contributed by atoms with Crippen molar-refractivity contribution in [2.24, 2.45) is 5.92 Å². The van der Waals surface area contributed by atoms with Crippen LogP contribution in [-0.2, 0) is 4.79 Å². The minimum atomic E-state index is -0.142. The number of carbonyl (C=O) groups is 1. The number of carbonyl (C=O) groups excluding carboxylic acids is 1. The molecule has 1 aromatic carbocycles. The molecule has 0 spiro atoms. The van der Waals surface area contributed by atoms with Crippen LogP contribution in [0.15, 0.2) is 36.7 Å². The summed E-state index contributed by atoms with van der Waals surface area (Å²) in [5.41, 5.74) is 0.869. The Morgan fingerprint density at radius 1 is 0.926 bits per heavy atom. The second kappa shape index (κ2) is 11.3. The van der Waals surface area contributed by atoms with E-state index < -0.39 is 0 Å². The van der Waals surface area contributed by atoms with Crippen LogP contribution < -0.4 is 9.47 Å². The topological polar surface area (TPSA) is 61.3 Å². The Morgan fingerprint density at radius 3 is 2.11 bits per heavy atom. The van der Waals surface area contributed by atoms with Crippen LogP contribution in [0.5, 0.6) is 11.5 Å². The molecule has 0 unspecified atom stereocenters. The number of hydrogen-bond donors (Lipinski definition) is 0. The largest absolute Gasteiger partial charge is 0.490 e. The number of unbranched alkanes of at least 4 members (excludes halogenated alkanes) is 1. The van der Waals surface area contributed by atoms with Crippen LogP contribution in [0.3, 0.4) is 0 Å². The van der Waals surface area contributed by atoms with Crippen molar-refractivity contribution in [2.75, 3.05) is 6.61 Å². The lowest BCUT2D eigenvalue weighted by atomic mass is 9.99. The normalized spacial score (nSPS) is 10.8. The van der Waals surface area contributed by atoms with E-state index in [-0.39, 0.29) is 11.9 Å². The van der Waals surface area contributed by atoms with Gasteiger partial charge in [-0.05, 0) is 43.5 Å². The van der Waals surface area contributed by atoms with Crippen molar-refractivity contribution < 1.29 is 14.3 Å². The summed E-state index contributed by atoms with van der Waals surface area (Å²) in [7, 11) is 0. The number of aromatic nitrogens is 2. The van der Waals surface area contributed by atoms with Crippen molar-refractivity contribution in [1.29, 1.82) is 0 Å². The Morgan fingerprint density at radius 2 is 1.56 bits per heavy atom. The third-order valence-electron chi connectivity index (χ3n) is 4.33. The van der Waals surface area contributed by atoms with E-state index in [0.29, 0.717) is 23.9 Å². The maximum atomic E-state index is 12.3. The second-order valence-corrected chi connectivity index (χ2v) is 6.66. The first kappa shape index (κ1) is 20.9. The molecule has 5 nitrogen and oxygen atoms in total. The Hall–Kier alpha value is -2.43. The van der Waals surface area contributed by atoms with Crippen LogP contribution in [0.2, 0.25) is 0 Å². The lowest BCUT2D eigenvalue weighted by molar-refractivity contribution is -0.139. The Bertz CT molecular complexity index is 678. The van der Waals surface area contributed by atoms with E-state index >= 15 is 0 Å². The van der Waals surface area contributed by atoms with Gasteiger partial charge in [-0.15, -0.1) is 0 Å². The molecular weight excluding hydrogens is 340 g/mol. The van der Waals surface area contributed by atoms with Gasteiger partial charge in [-0.2, -0.15) is 0 Å². The van der Waals surface area contributed by atoms with E-state index in [4.69, 9.17) is 9.47 Å². The van der Waals surface area contributed by atoms with Gasteiger partial charge in [0, 0.05) is 5.56 Å². The Balaban J connectivity index is 1.97. The molecule has 146 valence electrons. The Labute approximate surface area is 162 Å². The number of esters is 1. The minimum Gasteiger partial charge on any atom is -0.490 e. The van der Waals surface area contributed by atoms with Gasteiger partial charge in [-0.3, -0.25) is 4.79 Å². The van der Waals surface area contributed by atoms with Crippen LogP contribution in [0.25, 0.3) is 11.4 Å². The van der Waals surface area contributed by atoms with Crippen molar-refractivity contribution in [2.45, 2.75) is 59.3 Å². The fourth-order valence-electron chi connectivity index (χ4n) is 2.82.